The number of hydrogen-bond donors (Lipinski definition) is 0. The molecule has 0 aromatic carbocycles. The van der Waals surface area contributed by atoms with Gasteiger partial charge in [0.25, 0.3) is 0 Å². The molecule has 1 aromatic heterocycles. The summed E-state index contributed by atoms with van der Waals surface area (Å²) in [4.78, 5) is 1.20. The third-order valence-electron chi connectivity index (χ3n) is 3.18. The minimum Gasteiger partial charge on any atom is -0.198 e. The quantitative estimate of drug-likeness (QED) is 0.744. The van der Waals surface area contributed by atoms with Crippen molar-refractivity contribution in [2.75, 3.05) is 0 Å². The number of rotatable bonds is 6. The summed E-state index contributed by atoms with van der Waals surface area (Å²) in [7, 11) is 0. The molecule has 17 heavy (non-hydrogen) atoms. The van der Waals surface area contributed by atoms with E-state index in [-0.39, 0.29) is 0 Å². The summed E-state index contributed by atoms with van der Waals surface area (Å²) in [6, 6.07) is 6.40. The summed E-state index contributed by atoms with van der Waals surface area (Å²) in [6.07, 6.45) is 3.96. The van der Waals surface area contributed by atoms with Crippen molar-refractivity contribution < 1.29 is 0 Å². The van der Waals surface area contributed by atoms with E-state index in [0.717, 1.165) is 24.8 Å². The molecule has 0 bridgehead atoms. The normalized spacial score (nSPS) is 13.6. The van der Waals surface area contributed by atoms with Crippen LogP contribution >= 0.6 is 11.3 Å². The molecule has 3 heteroatoms. The maximum Gasteiger partial charge on any atom is 0.100 e. The van der Waals surface area contributed by atoms with Crippen molar-refractivity contribution in [3.63, 3.8) is 0 Å². The first-order valence-electron chi connectivity index (χ1n) is 6.12. The van der Waals surface area contributed by atoms with E-state index in [1.807, 2.05) is 11.4 Å². The summed E-state index contributed by atoms with van der Waals surface area (Å²) < 4.78 is 0. The average Bonchev–Trinajstić information content (AvgIpc) is 2.82. The van der Waals surface area contributed by atoms with Crippen LogP contribution in [0.25, 0.3) is 0 Å². The molecule has 0 saturated heterocycles. The lowest BCUT2D eigenvalue weighted by atomic mass is 9.83. The molecule has 0 spiro atoms. The summed E-state index contributed by atoms with van der Waals surface area (Å²) >= 11 is 1.62. The molecule has 0 N–H and O–H groups in total. The second kappa shape index (κ2) is 7.09. The number of nitriles is 2. The Balaban J connectivity index is 2.91. The van der Waals surface area contributed by atoms with Crippen molar-refractivity contribution in [1.29, 1.82) is 10.5 Å². The highest BCUT2D eigenvalue weighted by Gasteiger charge is 2.22. The Hall–Kier alpha value is -1.32. The number of nitrogens with zero attached hydrogens (tertiary/aromatic N) is 2. The van der Waals surface area contributed by atoms with Gasteiger partial charge in [-0.25, -0.2) is 0 Å². The highest BCUT2D eigenvalue weighted by Crippen LogP contribution is 2.36. The van der Waals surface area contributed by atoms with Crippen molar-refractivity contribution in [3.8, 4) is 12.1 Å². The highest BCUT2D eigenvalue weighted by atomic mass is 32.1. The zero-order valence-electron chi connectivity index (χ0n) is 10.4. The molecule has 0 saturated carbocycles. The smallest absolute Gasteiger partial charge is 0.100 e. The van der Waals surface area contributed by atoms with Gasteiger partial charge in [0.2, 0.25) is 0 Å². The Morgan fingerprint density at radius 1 is 1.35 bits per heavy atom. The highest BCUT2D eigenvalue weighted by molar-refractivity contribution is 7.10. The van der Waals surface area contributed by atoms with E-state index in [1.54, 1.807) is 11.3 Å². The molecular weight excluding hydrogens is 228 g/mol. The zero-order valence-corrected chi connectivity index (χ0v) is 11.3. The molecule has 1 aromatic rings. The average molecular weight is 246 g/mol. The van der Waals surface area contributed by atoms with E-state index >= 15 is 0 Å². The van der Waals surface area contributed by atoms with Gasteiger partial charge in [0, 0.05) is 22.6 Å². The Kier molecular flexibility index (Phi) is 5.73. The van der Waals surface area contributed by atoms with Crippen LogP contribution in [0.2, 0.25) is 0 Å². The van der Waals surface area contributed by atoms with Crippen LogP contribution in [0.3, 0.4) is 0 Å². The number of hydrogen-bond acceptors (Lipinski definition) is 3. The van der Waals surface area contributed by atoms with Gasteiger partial charge < -0.3 is 0 Å². The first-order valence-corrected chi connectivity index (χ1v) is 7.00. The monoisotopic (exact) mass is 246 g/mol. The van der Waals surface area contributed by atoms with Gasteiger partial charge in [-0.3, -0.25) is 0 Å². The molecule has 2 nitrogen and oxygen atoms in total. The van der Waals surface area contributed by atoms with E-state index < -0.39 is 0 Å². The van der Waals surface area contributed by atoms with Crippen LogP contribution in [0.1, 0.15) is 55.9 Å². The molecule has 0 radical (unpaired) electrons. The van der Waals surface area contributed by atoms with E-state index in [1.165, 1.54) is 4.88 Å². The Morgan fingerprint density at radius 2 is 2.12 bits per heavy atom. The minimum absolute atomic E-state index is 0.303. The van der Waals surface area contributed by atoms with Crippen LogP contribution in [-0.4, -0.2) is 0 Å². The summed E-state index contributed by atoms with van der Waals surface area (Å²) in [5.41, 5.74) is 0.722. The summed E-state index contributed by atoms with van der Waals surface area (Å²) in [5, 5.41) is 19.7. The lowest BCUT2D eigenvalue weighted by Gasteiger charge is -2.22. The van der Waals surface area contributed by atoms with Gasteiger partial charge in [-0.2, -0.15) is 10.5 Å². The zero-order chi connectivity index (χ0) is 12.7. The van der Waals surface area contributed by atoms with E-state index in [0.29, 0.717) is 18.3 Å². The van der Waals surface area contributed by atoms with Gasteiger partial charge in [-0.1, -0.05) is 33.1 Å². The molecule has 0 fully saturated rings. The Bertz CT molecular complexity index is 422. The fourth-order valence-electron chi connectivity index (χ4n) is 2.26. The molecule has 0 aliphatic heterocycles. The van der Waals surface area contributed by atoms with E-state index in [2.05, 4.69) is 26.0 Å². The van der Waals surface area contributed by atoms with Gasteiger partial charge in [0.05, 0.1) is 11.6 Å². The molecular formula is C14H18N2S. The van der Waals surface area contributed by atoms with Gasteiger partial charge >= 0.3 is 0 Å². The largest absolute Gasteiger partial charge is 0.198 e. The number of thiophene rings is 1. The van der Waals surface area contributed by atoms with Crippen LogP contribution in [0.15, 0.2) is 11.4 Å². The van der Waals surface area contributed by atoms with E-state index in [4.69, 9.17) is 10.5 Å². The van der Waals surface area contributed by atoms with Crippen molar-refractivity contribution in [1.82, 2.24) is 0 Å². The molecule has 2 atom stereocenters. The second-order valence-electron chi connectivity index (χ2n) is 4.28. The second-order valence-corrected chi connectivity index (χ2v) is 5.22. The van der Waals surface area contributed by atoms with E-state index in [9.17, 15) is 0 Å². The predicted molar refractivity (Wildman–Crippen MR) is 70.7 cm³/mol. The Labute approximate surface area is 108 Å². The van der Waals surface area contributed by atoms with Crippen molar-refractivity contribution in [3.05, 3.63) is 21.9 Å². The Morgan fingerprint density at radius 3 is 2.59 bits per heavy atom. The maximum atomic E-state index is 8.96. The molecule has 0 aliphatic rings. The molecule has 1 heterocycles. The predicted octanol–water partition coefficient (Wildman–Crippen LogP) is 4.44. The van der Waals surface area contributed by atoms with Crippen LogP contribution < -0.4 is 0 Å². The topological polar surface area (TPSA) is 47.6 Å². The van der Waals surface area contributed by atoms with Gasteiger partial charge in [0.15, 0.2) is 0 Å². The third-order valence-corrected chi connectivity index (χ3v) is 4.24. The molecule has 0 amide bonds. The van der Waals surface area contributed by atoms with Crippen LogP contribution in [-0.2, 0) is 0 Å². The maximum absolute atomic E-state index is 8.96. The molecule has 0 aliphatic carbocycles. The minimum atomic E-state index is 0.303. The fourth-order valence-corrected chi connectivity index (χ4v) is 3.29. The van der Waals surface area contributed by atoms with Gasteiger partial charge in [0.1, 0.15) is 6.07 Å². The third kappa shape index (κ3) is 3.58. The molecule has 1 rings (SSSR count). The molecule has 90 valence electrons. The first kappa shape index (κ1) is 13.7. The standard InChI is InChI=1S/C14H18N2S/c1-3-5-12(4-2)13(6-7-15)14-8-11(9-16)10-17-14/h8,10,12-13H,3-6H2,1-2H3. The van der Waals surface area contributed by atoms with Crippen LogP contribution in [0, 0.1) is 28.6 Å². The van der Waals surface area contributed by atoms with Crippen molar-refractivity contribution >= 4 is 11.3 Å². The molecule has 2 unspecified atom stereocenters. The van der Waals surface area contributed by atoms with Gasteiger partial charge in [-0.15, -0.1) is 11.3 Å². The van der Waals surface area contributed by atoms with Crippen LogP contribution in [0.5, 0.6) is 0 Å². The lowest BCUT2D eigenvalue weighted by Crippen LogP contribution is -2.10. The SMILES string of the molecule is CCCC(CC)C(CC#N)c1cc(C#N)cs1. The van der Waals surface area contributed by atoms with Crippen molar-refractivity contribution in [2.45, 2.75) is 45.4 Å². The van der Waals surface area contributed by atoms with Crippen LogP contribution in [0.4, 0.5) is 0 Å². The van der Waals surface area contributed by atoms with Gasteiger partial charge in [-0.05, 0) is 12.0 Å². The fraction of sp³-hybridized carbons (Fsp3) is 0.571. The lowest BCUT2D eigenvalue weighted by molar-refractivity contribution is 0.386. The first-order chi connectivity index (χ1) is 8.26. The van der Waals surface area contributed by atoms with Crippen molar-refractivity contribution in [2.24, 2.45) is 5.92 Å². The summed E-state index contributed by atoms with van der Waals surface area (Å²) in [5.74, 6) is 0.863. The summed E-state index contributed by atoms with van der Waals surface area (Å²) in [6.45, 7) is 4.37.